The van der Waals surface area contributed by atoms with Gasteiger partial charge in [-0.2, -0.15) is 0 Å². The molecule has 9 heteroatoms. The van der Waals surface area contributed by atoms with Crippen molar-refractivity contribution in [2.24, 2.45) is 0 Å². The Balaban J connectivity index is 1.74. The number of amides is 1. The summed E-state index contributed by atoms with van der Waals surface area (Å²) in [6, 6.07) is 23.5. The minimum absolute atomic E-state index is 0.219. The van der Waals surface area contributed by atoms with E-state index >= 15 is 0 Å². The fourth-order valence-corrected chi connectivity index (χ4v) is 4.38. The van der Waals surface area contributed by atoms with Crippen LogP contribution in [0.2, 0.25) is 5.02 Å². The third kappa shape index (κ3) is 10.7. The molecule has 0 aliphatic carbocycles. The molecule has 0 saturated heterocycles. The van der Waals surface area contributed by atoms with Crippen LogP contribution in [0.3, 0.4) is 0 Å². The van der Waals surface area contributed by atoms with Crippen LogP contribution in [0.4, 0.5) is 4.79 Å². The van der Waals surface area contributed by atoms with Crippen molar-refractivity contribution in [1.82, 2.24) is 5.32 Å². The number of esters is 2. The van der Waals surface area contributed by atoms with Gasteiger partial charge in [-0.1, -0.05) is 66.2 Å². The van der Waals surface area contributed by atoms with Gasteiger partial charge in [0, 0.05) is 18.9 Å². The number of hydrogen-bond donors (Lipinski definition) is 1. The lowest BCUT2D eigenvalue weighted by molar-refractivity contribution is -0.148. The maximum absolute atomic E-state index is 12.7. The Morgan fingerprint density at radius 3 is 1.95 bits per heavy atom. The number of nitrogens with one attached hydrogen (secondary N) is 1. The molecule has 0 radical (unpaired) electrons. The standard InChI is InChI=1S/C33H38ClNO7/c1-23(36)40-21-33(22-41-24(2)37,35-31(38)42-32(3,4)5)18-17-27-11-12-28(19-30(27)34)26-13-15-29(16-14-26)39-20-25-9-7-6-8-10-25/h6-16,19H,17-18,20-22H2,1-5H3,(H,35,38). The Morgan fingerprint density at radius 2 is 1.40 bits per heavy atom. The molecule has 0 heterocycles. The van der Waals surface area contributed by atoms with Gasteiger partial charge in [-0.25, -0.2) is 4.79 Å². The number of rotatable bonds is 12. The smallest absolute Gasteiger partial charge is 0.408 e. The monoisotopic (exact) mass is 595 g/mol. The highest BCUT2D eigenvalue weighted by atomic mass is 35.5. The minimum Gasteiger partial charge on any atom is -0.489 e. The molecular formula is C33H38ClNO7. The summed E-state index contributed by atoms with van der Waals surface area (Å²) in [5.74, 6) is -0.307. The molecule has 0 fully saturated rings. The molecular weight excluding hydrogens is 558 g/mol. The van der Waals surface area contributed by atoms with Crippen LogP contribution in [0.5, 0.6) is 5.75 Å². The summed E-state index contributed by atoms with van der Waals surface area (Å²) in [7, 11) is 0. The second-order valence-electron chi connectivity index (χ2n) is 11.1. The molecule has 3 aromatic rings. The molecule has 0 saturated carbocycles. The van der Waals surface area contributed by atoms with Crippen molar-refractivity contribution >= 4 is 29.6 Å². The summed E-state index contributed by atoms with van der Waals surface area (Å²) >= 11 is 6.70. The molecule has 0 atom stereocenters. The van der Waals surface area contributed by atoms with Crippen LogP contribution in [0.15, 0.2) is 72.8 Å². The van der Waals surface area contributed by atoms with Crippen LogP contribution in [0.1, 0.15) is 52.2 Å². The van der Waals surface area contributed by atoms with E-state index in [1.807, 2.05) is 72.8 Å². The van der Waals surface area contributed by atoms with E-state index in [2.05, 4.69) is 5.32 Å². The van der Waals surface area contributed by atoms with Gasteiger partial charge in [-0.3, -0.25) is 9.59 Å². The van der Waals surface area contributed by atoms with Gasteiger partial charge in [0.2, 0.25) is 0 Å². The molecule has 0 aliphatic heterocycles. The summed E-state index contributed by atoms with van der Waals surface area (Å²) in [6.45, 7) is 7.78. The van der Waals surface area contributed by atoms with E-state index in [4.69, 9.17) is 30.5 Å². The number of benzene rings is 3. The van der Waals surface area contributed by atoms with Gasteiger partial charge in [0.1, 0.15) is 36.7 Å². The number of carbonyl (C=O) groups excluding carboxylic acids is 3. The van der Waals surface area contributed by atoms with E-state index < -0.39 is 29.2 Å². The quantitative estimate of drug-likeness (QED) is 0.179. The average Bonchev–Trinajstić information content (AvgIpc) is 2.93. The summed E-state index contributed by atoms with van der Waals surface area (Å²) in [4.78, 5) is 36.1. The Kier molecular flexibility index (Phi) is 11.4. The topological polar surface area (TPSA) is 100 Å². The predicted octanol–water partition coefficient (Wildman–Crippen LogP) is 6.91. The molecule has 3 rings (SSSR count). The Morgan fingerprint density at radius 1 is 0.810 bits per heavy atom. The first-order valence-corrected chi connectivity index (χ1v) is 14.1. The molecule has 8 nitrogen and oxygen atoms in total. The van der Waals surface area contributed by atoms with Crippen LogP contribution in [0.25, 0.3) is 11.1 Å². The van der Waals surface area contributed by atoms with Crippen LogP contribution >= 0.6 is 11.6 Å². The van der Waals surface area contributed by atoms with Crippen LogP contribution in [0, 0.1) is 0 Å². The highest BCUT2D eigenvalue weighted by Gasteiger charge is 2.36. The predicted molar refractivity (Wildman–Crippen MR) is 161 cm³/mol. The van der Waals surface area contributed by atoms with E-state index in [9.17, 15) is 14.4 Å². The average molecular weight is 596 g/mol. The normalized spacial score (nSPS) is 11.4. The molecule has 0 unspecified atom stereocenters. The molecule has 0 aromatic heterocycles. The highest BCUT2D eigenvalue weighted by Crippen LogP contribution is 2.29. The van der Waals surface area contributed by atoms with Gasteiger partial charge in [0.15, 0.2) is 0 Å². The van der Waals surface area contributed by atoms with Crippen molar-refractivity contribution in [3.8, 4) is 16.9 Å². The van der Waals surface area contributed by atoms with Gasteiger partial charge in [0.05, 0.1) is 0 Å². The number of aryl methyl sites for hydroxylation is 1. The third-order valence-corrected chi connectivity index (χ3v) is 6.58. The lowest BCUT2D eigenvalue weighted by Gasteiger charge is -2.34. The fourth-order valence-electron chi connectivity index (χ4n) is 4.11. The Bertz CT molecular complexity index is 1330. The number of hydrogen-bond acceptors (Lipinski definition) is 7. The van der Waals surface area contributed by atoms with Gasteiger partial charge in [-0.05, 0) is 74.1 Å². The first-order chi connectivity index (χ1) is 19.8. The first kappa shape index (κ1) is 32.5. The zero-order valence-corrected chi connectivity index (χ0v) is 25.5. The summed E-state index contributed by atoms with van der Waals surface area (Å²) in [6.07, 6.45) is -0.0808. The fraction of sp³-hybridized carbons (Fsp3) is 0.364. The maximum atomic E-state index is 12.7. The van der Waals surface area contributed by atoms with E-state index in [0.29, 0.717) is 18.1 Å². The van der Waals surface area contributed by atoms with Gasteiger partial charge < -0.3 is 24.3 Å². The number of ether oxygens (including phenoxy) is 4. The summed E-state index contributed by atoms with van der Waals surface area (Å²) in [5, 5.41) is 3.31. The number of carbonyl (C=O) groups is 3. The van der Waals surface area contributed by atoms with E-state index in [-0.39, 0.29) is 19.6 Å². The number of halogens is 1. The Labute approximate surface area is 252 Å². The van der Waals surface area contributed by atoms with E-state index in [0.717, 1.165) is 28.0 Å². The van der Waals surface area contributed by atoms with E-state index in [1.165, 1.54) is 13.8 Å². The van der Waals surface area contributed by atoms with Crippen molar-refractivity contribution in [1.29, 1.82) is 0 Å². The number of alkyl carbamates (subject to hydrolysis) is 1. The molecule has 3 aromatic carbocycles. The zero-order valence-electron chi connectivity index (χ0n) is 24.7. The SMILES string of the molecule is CC(=O)OCC(CCc1ccc(-c2ccc(OCc3ccccc3)cc2)cc1Cl)(COC(C)=O)NC(=O)OC(C)(C)C. The lowest BCUT2D eigenvalue weighted by atomic mass is 9.91. The van der Waals surface area contributed by atoms with Crippen molar-refractivity contribution < 1.29 is 33.3 Å². The van der Waals surface area contributed by atoms with E-state index in [1.54, 1.807) is 20.8 Å². The van der Waals surface area contributed by atoms with Crippen LogP contribution in [-0.4, -0.2) is 42.4 Å². The lowest BCUT2D eigenvalue weighted by Crippen LogP contribution is -2.57. The molecule has 224 valence electrons. The molecule has 0 spiro atoms. The van der Waals surface area contributed by atoms with Gasteiger partial charge in [0.25, 0.3) is 0 Å². The van der Waals surface area contributed by atoms with Crippen molar-refractivity contribution in [2.45, 2.75) is 65.2 Å². The van der Waals surface area contributed by atoms with Gasteiger partial charge >= 0.3 is 18.0 Å². The molecule has 0 aliphatic rings. The van der Waals surface area contributed by atoms with Crippen molar-refractivity contribution in [3.05, 3.63) is 88.9 Å². The second-order valence-corrected chi connectivity index (χ2v) is 11.5. The summed E-state index contributed by atoms with van der Waals surface area (Å²) < 4.78 is 21.9. The van der Waals surface area contributed by atoms with Crippen LogP contribution < -0.4 is 10.1 Å². The molecule has 1 N–H and O–H groups in total. The zero-order chi connectivity index (χ0) is 30.8. The molecule has 1 amide bonds. The van der Waals surface area contributed by atoms with Crippen molar-refractivity contribution in [2.75, 3.05) is 13.2 Å². The second kappa shape index (κ2) is 14.7. The first-order valence-electron chi connectivity index (χ1n) is 13.7. The third-order valence-electron chi connectivity index (χ3n) is 6.23. The maximum Gasteiger partial charge on any atom is 0.408 e. The minimum atomic E-state index is -1.24. The van der Waals surface area contributed by atoms with Crippen molar-refractivity contribution in [3.63, 3.8) is 0 Å². The highest BCUT2D eigenvalue weighted by molar-refractivity contribution is 6.31. The van der Waals surface area contributed by atoms with Gasteiger partial charge in [-0.15, -0.1) is 0 Å². The Hall–Kier alpha value is -4.04. The largest absolute Gasteiger partial charge is 0.489 e. The van der Waals surface area contributed by atoms with Crippen LogP contribution in [-0.2, 0) is 36.8 Å². The molecule has 0 bridgehead atoms. The molecule has 42 heavy (non-hydrogen) atoms. The summed E-state index contributed by atoms with van der Waals surface area (Å²) in [5.41, 5.74) is 1.80.